The van der Waals surface area contributed by atoms with Crippen LogP contribution >= 0.6 is 0 Å². The highest BCUT2D eigenvalue weighted by atomic mass is 16.5. The highest BCUT2D eigenvalue weighted by Gasteiger charge is 2.16. The van der Waals surface area contributed by atoms with E-state index in [0.29, 0.717) is 6.10 Å². The van der Waals surface area contributed by atoms with Crippen LogP contribution in [-0.4, -0.2) is 25.7 Å². The van der Waals surface area contributed by atoms with E-state index in [2.05, 4.69) is 28.8 Å². The van der Waals surface area contributed by atoms with Crippen molar-refractivity contribution in [3.63, 3.8) is 0 Å². The molecule has 1 aromatic rings. The molecule has 0 amide bonds. The number of hydrogen-bond acceptors (Lipinski definition) is 3. The van der Waals surface area contributed by atoms with E-state index >= 15 is 0 Å². The summed E-state index contributed by atoms with van der Waals surface area (Å²) in [5.41, 5.74) is 2.66. The molecule has 16 heavy (non-hydrogen) atoms. The molecule has 2 aliphatic heterocycles. The average molecular weight is 218 g/mol. The summed E-state index contributed by atoms with van der Waals surface area (Å²) in [6.07, 6.45) is 3.86. The molecule has 0 aromatic heterocycles. The van der Waals surface area contributed by atoms with Gasteiger partial charge in [0.05, 0.1) is 0 Å². The number of benzene rings is 1. The predicted molar refractivity (Wildman–Crippen MR) is 65.2 cm³/mol. The maximum Gasteiger partial charge on any atom is 0.121 e. The van der Waals surface area contributed by atoms with E-state index in [9.17, 15) is 0 Å². The molecule has 3 rings (SSSR count). The molecule has 1 unspecified atom stereocenters. The third-order valence-corrected chi connectivity index (χ3v) is 3.35. The van der Waals surface area contributed by atoms with Crippen LogP contribution in [0.25, 0.3) is 0 Å². The second-order valence-corrected chi connectivity index (χ2v) is 4.58. The van der Waals surface area contributed by atoms with Crippen molar-refractivity contribution in [3.05, 3.63) is 23.8 Å². The first kappa shape index (κ1) is 9.97. The smallest absolute Gasteiger partial charge is 0.121 e. The molecular formula is C13H18N2O. The zero-order chi connectivity index (χ0) is 10.8. The van der Waals surface area contributed by atoms with E-state index in [1.165, 1.54) is 17.7 Å². The summed E-state index contributed by atoms with van der Waals surface area (Å²) in [5, 5.41) is 6.75. The Morgan fingerprint density at radius 1 is 1.25 bits per heavy atom. The molecule has 3 heteroatoms. The van der Waals surface area contributed by atoms with Crippen molar-refractivity contribution in [2.75, 3.05) is 25.0 Å². The van der Waals surface area contributed by atoms with Crippen LogP contribution in [0.15, 0.2) is 18.2 Å². The minimum Gasteiger partial charge on any atom is -0.489 e. The topological polar surface area (TPSA) is 33.3 Å². The highest BCUT2D eigenvalue weighted by molar-refractivity contribution is 5.58. The summed E-state index contributed by atoms with van der Waals surface area (Å²) >= 11 is 0. The predicted octanol–water partition coefficient (Wildman–Crippen LogP) is 1.79. The zero-order valence-corrected chi connectivity index (χ0v) is 9.46. The van der Waals surface area contributed by atoms with E-state index < -0.39 is 0 Å². The summed E-state index contributed by atoms with van der Waals surface area (Å²) < 4.78 is 5.98. The third kappa shape index (κ3) is 2.00. The molecule has 1 atom stereocenters. The van der Waals surface area contributed by atoms with Gasteiger partial charge in [0.15, 0.2) is 0 Å². The number of anilines is 1. The van der Waals surface area contributed by atoms with E-state index in [-0.39, 0.29) is 0 Å². The second-order valence-electron chi connectivity index (χ2n) is 4.58. The second kappa shape index (κ2) is 4.34. The van der Waals surface area contributed by atoms with Gasteiger partial charge in [-0.05, 0) is 37.4 Å². The van der Waals surface area contributed by atoms with Gasteiger partial charge < -0.3 is 15.4 Å². The Hall–Kier alpha value is -1.22. The van der Waals surface area contributed by atoms with Gasteiger partial charge in [0, 0.05) is 24.8 Å². The molecule has 0 saturated carbocycles. The van der Waals surface area contributed by atoms with E-state index in [0.717, 1.165) is 38.2 Å². The van der Waals surface area contributed by atoms with Gasteiger partial charge >= 0.3 is 0 Å². The number of fused-ring (bicyclic) bond motifs is 1. The van der Waals surface area contributed by atoms with Gasteiger partial charge in [0.25, 0.3) is 0 Å². The molecule has 2 heterocycles. The summed E-state index contributed by atoms with van der Waals surface area (Å²) in [5.74, 6) is 1.00. The Morgan fingerprint density at radius 3 is 3.12 bits per heavy atom. The first-order chi connectivity index (χ1) is 7.92. The molecular weight excluding hydrogens is 200 g/mol. The van der Waals surface area contributed by atoms with Crippen molar-refractivity contribution in [1.82, 2.24) is 5.32 Å². The molecule has 1 fully saturated rings. The van der Waals surface area contributed by atoms with Gasteiger partial charge in [-0.25, -0.2) is 0 Å². The van der Waals surface area contributed by atoms with E-state index in [4.69, 9.17) is 4.74 Å². The number of ether oxygens (including phenoxy) is 1. The summed E-state index contributed by atoms with van der Waals surface area (Å²) in [6.45, 7) is 3.17. The van der Waals surface area contributed by atoms with Gasteiger partial charge in [-0.1, -0.05) is 6.07 Å². The summed E-state index contributed by atoms with van der Waals surface area (Å²) in [6, 6.07) is 6.41. The van der Waals surface area contributed by atoms with Crippen LogP contribution in [0.1, 0.15) is 18.4 Å². The maximum absolute atomic E-state index is 5.98. The van der Waals surface area contributed by atoms with Crippen LogP contribution in [0.3, 0.4) is 0 Å². The highest BCUT2D eigenvalue weighted by Crippen LogP contribution is 2.27. The molecule has 0 spiro atoms. The minimum atomic E-state index is 0.341. The normalized spacial score (nSPS) is 23.6. The molecule has 2 N–H and O–H groups in total. The molecule has 0 aliphatic carbocycles. The quantitative estimate of drug-likeness (QED) is 0.794. The van der Waals surface area contributed by atoms with Gasteiger partial charge in [-0.2, -0.15) is 0 Å². The first-order valence-electron chi connectivity index (χ1n) is 6.16. The summed E-state index contributed by atoms with van der Waals surface area (Å²) in [4.78, 5) is 0. The van der Waals surface area contributed by atoms with Crippen LogP contribution in [0.4, 0.5) is 5.69 Å². The minimum absolute atomic E-state index is 0.341. The van der Waals surface area contributed by atoms with Gasteiger partial charge in [0.2, 0.25) is 0 Å². The largest absolute Gasteiger partial charge is 0.489 e. The fourth-order valence-corrected chi connectivity index (χ4v) is 2.46. The van der Waals surface area contributed by atoms with Crippen LogP contribution in [-0.2, 0) is 6.42 Å². The lowest BCUT2D eigenvalue weighted by atomic mass is 10.1. The molecule has 0 bridgehead atoms. The van der Waals surface area contributed by atoms with Crippen molar-refractivity contribution < 1.29 is 4.74 Å². The van der Waals surface area contributed by atoms with Crippen molar-refractivity contribution in [1.29, 1.82) is 0 Å². The summed E-state index contributed by atoms with van der Waals surface area (Å²) in [7, 11) is 0. The Morgan fingerprint density at radius 2 is 2.25 bits per heavy atom. The fourth-order valence-electron chi connectivity index (χ4n) is 2.46. The Kier molecular flexibility index (Phi) is 2.70. The van der Waals surface area contributed by atoms with Crippen molar-refractivity contribution in [3.8, 4) is 5.75 Å². The molecule has 3 nitrogen and oxygen atoms in total. The SMILES string of the molecule is c1cc2c(cc1OC1CCCNC1)NCC2. The van der Waals surface area contributed by atoms with Crippen molar-refractivity contribution in [2.45, 2.75) is 25.4 Å². The van der Waals surface area contributed by atoms with E-state index in [1.54, 1.807) is 0 Å². The molecule has 2 aliphatic rings. The van der Waals surface area contributed by atoms with Gasteiger partial charge in [0.1, 0.15) is 11.9 Å². The fraction of sp³-hybridized carbons (Fsp3) is 0.538. The molecule has 1 aromatic carbocycles. The van der Waals surface area contributed by atoms with Crippen LogP contribution in [0.2, 0.25) is 0 Å². The average Bonchev–Trinajstić information content (AvgIpc) is 2.77. The van der Waals surface area contributed by atoms with Crippen LogP contribution < -0.4 is 15.4 Å². The van der Waals surface area contributed by atoms with Gasteiger partial charge in [-0.3, -0.25) is 0 Å². The van der Waals surface area contributed by atoms with Crippen molar-refractivity contribution in [2.24, 2.45) is 0 Å². The maximum atomic E-state index is 5.98. The Bertz CT molecular complexity index is 372. The van der Waals surface area contributed by atoms with Crippen LogP contribution in [0, 0.1) is 0 Å². The zero-order valence-electron chi connectivity index (χ0n) is 9.46. The first-order valence-corrected chi connectivity index (χ1v) is 6.16. The lowest BCUT2D eigenvalue weighted by molar-refractivity contribution is 0.167. The molecule has 0 radical (unpaired) electrons. The molecule has 86 valence electrons. The molecule has 1 saturated heterocycles. The van der Waals surface area contributed by atoms with Crippen molar-refractivity contribution >= 4 is 5.69 Å². The van der Waals surface area contributed by atoms with E-state index in [1.807, 2.05) is 0 Å². The lowest BCUT2D eigenvalue weighted by Gasteiger charge is -2.24. The number of rotatable bonds is 2. The number of piperidine rings is 1. The number of nitrogens with one attached hydrogen (secondary N) is 2. The number of hydrogen-bond donors (Lipinski definition) is 2. The standard InChI is InChI=1S/C13H18N2O/c1-2-12(9-14-6-1)16-11-4-3-10-5-7-15-13(10)8-11/h3-4,8,12,14-15H,1-2,5-7,9H2. The lowest BCUT2D eigenvalue weighted by Crippen LogP contribution is -2.37. The third-order valence-electron chi connectivity index (χ3n) is 3.35. The Labute approximate surface area is 96.2 Å². The van der Waals surface area contributed by atoms with Crippen LogP contribution in [0.5, 0.6) is 5.75 Å². The monoisotopic (exact) mass is 218 g/mol. The van der Waals surface area contributed by atoms with Gasteiger partial charge in [-0.15, -0.1) is 0 Å². The Balaban J connectivity index is 1.69.